The molecule has 2 aromatic rings. The molecule has 0 aromatic carbocycles. The first kappa shape index (κ1) is 12.3. The van der Waals surface area contributed by atoms with Crippen LogP contribution in [0.4, 0.5) is 5.82 Å². The molecule has 0 fully saturated rings. The van der Waals surface area contributed by atoms with E-state index in [0.29, 0.717) is 5.82 Å². The minimum Gasteiger partial charge on any atom is -0.369 e. The van der Waals surface area contributed by atoms with Gasteiger partial charge in [0.25, 0.3) is 0 Å². The van der Waals surface area contributed by atoms with Gasteiger partial charge in [-0.05, 0) is 34.0 Å². The third-order valence-electron chi connectivity index (χ3n) is 2.06. The molecule has 17 heavy (non-hydrogen) atoms. The molecule has 0 amide bonds. The van der Waals surface area contributed by atoms with Crippen LogP contribution in [-0.4, -0.2) is 31.7 Å². The highest BCUT2D eigenvalue weighted by molar-refractivity contribution is 9.10. The van der Waals surface area contributed by atoms with E-state index in [2.05, 4.69) is 46.4 Å². The molecule has 6 nitrogen and oxygen atoms in total. The van der Waals surface area contributed by atoms with Gasteiger partial charge in [0.2, 0.25) is 5.28 Å². The first-order valence-electron chi connectivity index (χ1n) is 5.02. The van der Waals surface area contributed by atoms with Crippen LogP contribution in [0, 0.1) is 0 Å². The molecule has 0 aliphatic rings. The molecule has 90 valence electrons. The van der Waals surface area contributed by atoms with Gasteiger partial charge in [-0.25, -0.2) is 9.97 Å². The number of halogens is 2. The maximum atomic E-state index is 5.70. The zero-order valence-electron chi connectivity index (χ0n) is 8.82. The highest BCUT2D eigenvalue weighted by atomic mass is 79.9. The van der Waals surface area contributed by atoms with Crippen molar-refractivity contribution in [1.29, 1.82) is 0 Å². The Balaban J connectivity index is 1.80. The van der Waals surface area contributed by atoms with Crippen LogP contribution >= 0.6 is 27.5 Å². The van der Waals surface area contributed by atoms with E-state index < -0.39 is 0 Å². The standard InChI is InChI=1S/C9H10BrClN6/c10-6-4-13-9(11)16-8(6)12-3-1-2-7-14-5-15-17-7/h4-5H,1-3H2,(H,12,13,16)(H,14,15,17). The lowest BCUT2D eigenvalue weighted by atomic mass is 10.3. The Kier molecular flexibility index (Phi) is 4.27. The summed E-state index contributed by atoms with van der Waals surface area (Å²) in [5, 5.41) is 9.99. The van der Waals surface area contributed by atoms with Crippen LogP contribution in [0.15, 0.2) is 17.0 Å². The Morgan fingerprint density at radius 2 is 2.29 bits per heavy atom. The van der Waals surface area contributed by atoms with Gasteiger partial charge in [0.15, 0.2) is 0 Å². The van der Waals surface area contributed by atoms with Crippen molar-refractivity contribution in [2.24, 2.45) is 0 Å². The van der Waals surface area contributed by atoms with Crippen molar-refractivity contribution in [2.75, 3.05) is 11.9 Å². The van der Waals surface area contributed by atoms with Gasteiger partial charge >= 0.3 is 0 Å². The maximum absolute atomic E-state index is 5.70. The van der Waals surface area contributed by atoms with E-state index >= 15 is 0 Å². The monoisotopic (exact) mass is 316 g/mol. The molecule has 2 N–H and O–H groups in total. The molecule has 0 aliphatic carbocycles. The second-order valence-corrected chi connectivity index (χ2v) is 4.49. The number of H-pyrrole nitrogens is 1. The molecule has 0 saturated carbocycles. The lowest BCUT2D eigenvalue weighted by molar-refractivity contribution is 0.802. The molecule has 0 saturated heterocycles. The van der Waals surface area contributed by atoms with Crippen molar-refractivity contribution in [2.45, 2.75) is 12.8 Å². The number of aromatic nitrogens is 5. The summed E-state index contributed by atoms with van der Waals surface area (Å²) in [4.78, 5) is 12.0. The third-order valence-corrected chi connectivity index (χ3v) is 2.82. The fourth-order valence-corrected chi connectivity index (χ4v) is 1.75. The van der Waals surface area contributed by atoms with Gasteiger partial charge in [0.05, 0.1) is 4.47 Å². The van der Waals surface area contributed by atoms with E-state index in [-0.39, 0.29) is 5.28 Å². The number of nitrogens with zero attached hydrogens (tertiary/aromatic N) is 4. The van der Waals surface area contributed by atoms with E-state index in [1.54, 1.807) is 6.20 Å². The second-order valence-electron chi connectivity index (χ2n) is 3.30. The summed E-state index contributed by atoms with van der Waals surface area (Å²) >= 11 is 9.05. The average Bonchev–Trinajstić information content (AvgIpc) is 2.82. The average molecular weight is 318 g/mol. The summed E-state index contributed by atoms with van der Waals surface area (Å²) in [5.41, 5.74) is 0. The molecule has 0 atom stereocenters. The number of nitrogens with one attached hydrogen (secondary N) is 2. The zero-order valence-corrected chi connectivity index (χ0v) is 11.2. The van der Waals surface area contributed by atoms with Gasteiger partial charge in [0, 0.05) is 19.2 Å². The molecule has 0 spiro atoms. The topological polar surface area (TPSA) is 79.4 Å². The van der Waals surface area contributed by atoms with Gasteiger partial charge in [-0.15, -0.1) is 0 Å². The third kappa shape index (κ3) is 3.64. The Morgan fingerprint density at radius 3 is 3.06 bits per heavy atom. The number of anilines is 1. The molecule has 0 radical (unpaired) electrons. The molecule has 0 unspecified atom stereocenters. The van der Waals surface area contributed by atoms with E-state index in [1.807, 2.05) is 0 Å². The second kappa shape index (κ2) is 5.92. The van der Waals surface area contributed by atoms with E-state index in [9.17, 15) is 0 Å². The summed E-state index contributed by atoms with van der Waals surface area (Å²) < 4.78 is 0.793. The van der Waals surface area contributed by atoms with Crippen LogP contribution in [0.3, 0.4) is 0 Å². The van der Waals surface area contributed by atoms with Crippen molar-refractivity contribution in [3.8, 4) is 0 Å². The van der Waals surface area contributed by atoms with Crippen LogP contribution in [0.2, 0.25) is 5.28 Å². The van der Waals surface area contributed by atoms with Crippen LogP contribution in [0.5, 0.6) is 0 Å². The molecule has 2 heterocycles. The summed E-state index contributed by atoms with van der Waals surface area (Å²) in [6, 6.07) is 0. The van der Waals surface area contributed by atoms with Gasteiger partial charge in [-0.3, -0.25) is 5.10 Å². The zero-order chi connectivity index (χ0) is 12.1. The quantitative estimate of drug-likeness (QED) is 0.652. The Bertz CT molecular complexity index is 474. The maximum Gasteiger partial charge on any atom is 0.224 e. The summed E-state index contributed by atoms with van der Waals surface area (Å²) in [6.07, 6.45) is 4.88. The highest BCUT2D eigenvalue weighted by Crippen LogP contribution is 2.19. The summed E-state index contributed by atoms with van der Waals surface area (Å²) in [7, 11) is 0. The van der Waals surface area contributed by atoms with Crippen molar-refractivity contribution >= 4 is 33.3 Å². The van der Waals surface area contributed by atoms with Gasteiger partial charge < -0.3 is 5.32 Å². The smallest absolute Gasteiger partial charge is 0.224 e. The molecular weight excluding hydrogens is 307 g/mol. The molecule has 8 heteroatoms. The SMILES string of the molecule is Clc1ncc(Br)c(NCCCc2ncn[nH]2)n1. The van der Waals surface area contributed by atoms with Crippen LogP contribution in [0.25, 0.3) is 0 Å². The number of aromatic amines is 1. The highest BCUT2D eigenvalue weighted by Gasteiger charge is 2.03. The number of hydrogen-bond donors (Lipinski definition) is 2. The first-order chi connectivity index (χ1) is 8.25. The van der Waals surface area contributed by atoms with E-state index in [4.69, 9.17) is 11.6 Å². The van der Waals surface area contributed by atoms with Crippen LogP contribution in [0.1, 0.15) is 12.2 Å². The summed E-state index contributed by atoms with van der Waals surface area (Å²) in [6.45, 7) is 0.770. The minimum atomic E-state index is 0.228. The molecule has 0 aliphatic heterocycles. The Hall–Kier alpha value is -1.21. The normalized spacial score (nSPS) is 10.5. The fraction of sp³-hybridized carbons (Fsp3) is 0.333. The molecule has 2 rings (SSSR count). The van der Waals surface area contributed by atoms with Crippen molar-refractivity contribution < 1.29 is 0 Å². The van der Waals surface area contributed by atoms with E-state index in [1.165, 1.54) is 6.33 Å². The van der Waals surface area contributed by atoms with E-state index in [0.717, 1.165) is 29.7 Å². The molecule has 0 bridgehead atoms. The lowest BCUT2D eigenvalue weighted by Gasteiger charge is -2.06. The van der Waals surface area contributed by atoms with Gasteiger partial charge in [-0.1, -0.05) is 0 Å². The summed E-state index contributed by atoms with van der Waals surface area (Å²) in [5.74, 6) is 1.58. The molecule has 2 aromatic heterocycles. The predicted octanol–water partition coefficient (Wildman–Crippen LogP) is 2.06. The predicted molar refractivity (Wildman–Crippen MR) is 67.9 cm³/mol. The number of hydrogen-bond acceptors (Lipinski definition) is 5. The first-order valence-corrected chi connectivity index (χ1v) is 6.19. The van der Waals surface area contributed by atoms with Crippen molar-refractivity contribution in [3.63, 3.8) is 0 Å². The Labute approximate surface area is 111 Å². The van der Waals surface area contributed by atoms with Gasteiger partial charge in [-0.2, -0.15) is 10.1 Å². The number of aryl methyl sites for hydroxylation is 1. The van der Waals surface area contributed by atoms with Crippen molar-refractivity contribution in [3.05, 3.63) is 28.1 Å². The Morgan fingerprint density at radius 1 is 1.41 bits per heavy atom. The lowest BCUT2D eigenvalue weighted by Crippen LogP contribution is -2.06. The number of rotatable bonds is 5. The fourth-order valence-electron chi connectivity index (χ4n) is 1.28. The molecular formula is C9H10BrClN6. The van der Waals surface area contributed by atoms with Crippen LogP contribution < -0.4 is 5.32 Å². The van der Waals surface area contributed by atoms with Crippen LogP contribution in [-0.2, 0) is 6.42 Å². The van der Waals surface area contributed by atoms with Crippen molar-refractivity contribution in [1.82, 2.24) is 25.1 Å². The minimum absolute atomic E-state index is 0.228. The largest absolute Gasteiger partial charge is 0.369 e. The van der Waals surface area contributed by atoms with Gasteiger partial charge in [0.1, 0.15) is 18.0 Å².